The van der Waals surface area contributed by atoms with Crippen LogP contribution in [0.5, 0.6) is 0 Å². The third kappa shape index (κ3) is 2.44. The molecule has 2 saturated carbocycles. The summed E-state index contributed by atoms with van der Waals surface area (Å²) in [7, 11) is 1.88. The Balaban J connectivity index is 1.87. The van der Waals surface area contributed by atoms with Gasteiger partial charge in [-0.25, -0.2) is 8.78 Å². The van der Waals surface area contributed by atoms with Gasteiger partial charge >= 0.3 is 0 Å². The minimum absolute atomic E-state index is 0.00551. The van der Waals surface area contributed by atoms with Crippen LogP contribution in [0.2, 0.25) is 0 Å². The number of hydrogen-bond acceptors (Lipinski definition) is 1. The molecule has 0 aromatic heterocycles. The fraction of sp³-hybridized carbons (Fsp3) is 0.909. The molecular weight excluding hydrogens is 212 g/mol. The number of rotatable bonds is 3. The van der Waals surface area contributed by atoms with Gasteiger partial charge in [0.05, 0.1) is 6.54 Å². The molecule has 0 saturated heterocycles. The summed E-state index contributed by atoms with van der Waals surface area (Å²) in [5.41, 5.74) is 5.76. The highest BCUT2D eigenvalue weighted by Crippen LogP contribution is 2.40. The maximum Gasteiger partial charge on any atom is 0.252 e. The van der Waals surface area contributed by atoms with Crippen LogP contribution in [-0.2, 0) is 0 Å². The second-order valence-electron chi connectivity index (χ2n) is 4.89. The van der Waals surface area contributed by atoms with Crippen LogP contribution in [-0.4, -0.2) is 36.4 Å². The third-order valence-corrected chi connectivity index (χ3v) is 3.59. The number of halogens is 2. The number of guanidine groups is 1. The van der Waals surface area contributed by atoms with Gasteiger partial charge in [0.2, 0.25) is 0 Å². The van der Waals surface area contributed by atoms with E-state index in [2.05, 4.69) is 4.99 Å². The molecule has 2 aliphatic rings. The molecule has 0 bridgehead atoms. The van der Waals surface area contributed by atoms with Crippen LogP contribution < -0.4 is 5.73 Å². The minimum atomic E-state index is -2.54. The van der Waals surface area contributed by atoms with Crippen molar-refractivity contribution in [2.45, 2.75) is 44.1 Å². The molecule has 1 unspecified atom stereocenters. The zero-order valence-electron chi connectivity index (χ0n) is 9.63. The maximum absolute atomic E-state index is 13.3. The van der Waals surface area contributed by atoms with Gasteiger partial charge in [0.1, 0.15) is 0 Å². The fourth-order valence-corrected chi connectivity index (χ4v) is 2.19. The van der Waals surface area contributed by atoms with E-state index in [9.17, 15) is 8.78 Å². The topological polar surface area (TPSA) is 41.6 Å². The number of hydrogen-bond donors (Lipinski definition) is 1. The molecule has 0 aliphatic heterocycles. The maximum atomic E-state index is 13.3. The largest absolute Gasteiger partial charge is 0.370 e. The lowest BCUT2D eigenvalue weighted by Gasteiger charge is -2.20. The van der Waals surface area contributed by atoms with Crippen molar-refractivity contribution in [3.8, 4) is 0 Å². The van der Waals surface area contributed by atoms with Gasteiger partial charge in [-0.15, -0.1) is 0 Å². The Bertz CT molecular complexity index is 287. The van der Waals surface area contributed by atoms with E-state index in [-0.39, 0.29) is 13.0 Å². The number of nitrogens with zero attached hydrogens (tertiary/aromatic N) is 2. The Labute approximate surface area is 94.7 Å². The normalized spacial score (nSPS) is 29.4. The predicted octanol–water partition coefficient (Wildman–Crippen LogP) is 1.83. The first-order valence-corrected chi connectivity index (χ1v) is 5.91. The van der Waals surface area contributed by atoms with E-state index < -0.39 is 11.8 Å². The van der Waals surface area contributed by atoms with E-state index in [1.54, 1.807) is 0 Å². The highest BCUT2D eigenvalue weighted by atomic mass is 19.3. The molecule has 0 aromatic rings. The highest BCUT2D eigenvalue weighted by molar-refractivity contribution is 5.78. The molecule has 0 spiro atoms. The van der Waals surface area contributed by atoms with Crippen LogP contribution in [0, 0.1) is 5.92 Å². The number of nitrogens with two attached hydrogens (primary N) is 1. The lowest BCUT2D eigenvalue weighted by atomic mass is 10.1. The van der Waals surface area contributed by atoms with Crippen LogP contribution in [0.25, 0.3) is 0 Å². The average Bonchev–Trinajstić information content (AvgIpc) is 3.00. The Morgan fingerprint density at radius 2 is 2.12 bits per heavy atom. The lowest BCUT2D eigenvalue weighted by molar-refractivity contribution is -0.0330. The second-order valence-corrected chi connectivity index (χ2v) is 4.89. The molecular formula is C11H19F2N3. The molecule has 0 amide bonds. The van der Waals surface area contributed by atoms with Gasteiger partial charge in [0, 0.05) is 25.4 Å². The fourth-order valence-electron chi connectivity index (χ4n) is 2.19. The summed E-state index contributed by atoms with van der Waals surface area (Å²) >= 11 is 0. The molecule has 2 aliphatic carbocycles. The second kappa shape index (κ2) is 4.18. The zero-order valence-corrected chi connectivity index (χ0v) is 9.63. The van der Waals surface area contributed by atoms with Crippen molar-refractivity contribution in [3.63, 3.8) is 0 Å². The summed E-state index contributed by atoms with van der Waals surface area (Å²) < 4.78 is 26.6. The summed E-state index contributed by atoms with van der Waals surface area (Å²) in [5.74, 6) is -2.74. The van der Waals surface area contributed by atoms with Gasteiger partial charge in [-0.2, -0.15) is 0 Å². The van der Waals surface area contributed by atoms with E-state index >= 15 is 0 Å². The van der Waals surface area contributed by atoms with Gasteiger partial charge in [-0.3, -0.25) is 4.99 Å². The van der Waals surface area contributed by atoms with Crippen molar-refractivity contribution >= 4 is 5.96 Å². The number of alkyl halides is 2. The smallest absolute Gasteiger partial charge is 0.252 e. The molecule has 0 aromatic carbocycles. The van der Waals surface area contributed by atoms with Crippen molar-refractivity contribution in [2.24, 2.45) is 16.6 Å². The Kier molecular flexibility index (Phi) is 3.04. The standard InChI is InChI=1S/C11H19F2N3/c1-16(9-4-5-9)10(14)15-7-8-3-2-6-11(8,12)13/h8-9H,2-7H2,1H3,(H2,14,15). The van der Waals surface area contributed by atoms with Crippen molar-refractivity contribution in [1.82, 2.24) is 4.90 Å². The van der Waals surface area contributed by atoms with E-state index in [1.807, 2.05) is 11.9 Å². The Morgan fingerprint density at radius 3 is 2.62 bits per heavy atom. The van der Waals surface area contributed by atoms with Crippen molar-refractivity contribution in [1.29, 1.82) is 0 Å². The molecule has 1 atom stereocenters. The number of aliphatic imine (C=N–C) groups is 1. The molecule has 2 rings (SSSR count). The molecule has 3 nitrogen and oxygen atoms in total. The van der Waals surface area contributed by atoms with Gasteiger partial charge in [0.15, 0.2) is 5.96 Å². The third-order valence-electron chi connectivity index (χ3n) is 3.59. The van der Waals surface area contributed by atoms with Crippen LogP contribution >= 0.6 is 0 Å². The lowest BCUT2D eigenvalue weighted by Crippen LogP contribution is -2.36. The predicted molar refractivity (Wildman–Crippen MR) is 59.6 cm³/mol. The molecule has 5 heteroatoms. The zero-order chi connectivity index (χ0) is 11.8. The van der Waals surface area contributed by atoms with E-state index in [4.69, 9.17) is 5.73 Å². The van der Waals surface area contributed by atoms with E-state index in [0.29, 0.717) is 24.8 Å². The van der Waals surface area contributed by atoms with Crippen LogP contribution in [0.1, 0.15) is 32.1 Å². The molecule has 2 fully saturated rings. The first-order valence-electron chi connectivity index (χ1n) is 5.91. The Hall–Kier alpha value is -0.870. The molecule has 2 N–H and O–H groups in total. The van der Waals surface area contributed by atoms with Crippen molar-refractivity contribution < 1.29 is 8.78 Å². The Morgan fingerprint density at radius 1 is 1.44 bits per heavy atom. The van der Waals surface area contributed by atoms with Gasteiger partial charge < -0.3 is 10.6 Å². The molecule has 0 heterocycles. The van der Waals surface area contributed by atoms with Crippen LogP contribution in [0.4, 0.5) is 8.78 Å². The summed E-state index contributed by atoms with van der Waals surface area (Å²) in [6.45, 7) is 0.163. The van der Waals surface area contributed by atoms with Crippen molar-refractivity contribution in [3.05, 3.63) is 0 Å². The first-order chi connectivity index (χ1) is 7.50. The quantitative estimate of drug-likeness (QED) is 0.594. The van der Waals surface area contributed by atoms with E-state index in [1.165, 1.54) is 0 Å². The summed E-state index contributed by atoms with van der Waals surface area (Å²) in [6.07, 6.45) is 3.44. The van der Waals surface area contributed by atoms with Crippen molar-refractivity contribution in [2.75, 3.05) is 13.6 Å². The molecule has 92 valence electrons. The first kappa shape index (κ1) is 11.6. The van der Waals surface area contributed by atoms with Gasteiger partial charge in [-0.05, 0) is 25.7 Å². The molecule has 16 heavy (non-hydrogen) atoms. The van der Waals surface area contributed by atoms with Crippen LogP contribution in [0.15, 0.2) is 4.99 Å². The summed E-state index contributed by atoms with van der Waals surface area (Å²) in [6, 6.07) is 0.479. The van der Waals surface area contributed by atoms with Gasteiger partial charge in [0.25, 0.3) is 5.92 Å². The van der Waals surface area contributed by atoms with Crippen LogP contribution in [0.3, 0.4) is 0 Å². The SMILES string of the molecule is CN(C(N)=NCC1CCCC1(F)F)C1CC1. The summed E-state index contributed by atoms with van der Waals surface area (Å²) in [4.78, 5) is 6.00. The molecule has 0 radical (unpaired) electrons. The minimum Gasteiger partial charge on any atom is -0.370 e. The summed E-state index contributed by atoms with van der Waals surface area (Å²) in [5, 5.41) is 0. The van der Waals surface area contributed by atoms with E-state index in [0.717, 1.165) is 12.8 Å². The van der Waals surface area contributed by atoms with Gasteiger partial charge in [-0.1, -0.05) is 0 Å². The monoisotopic (exact) mass is 231 g/mol. The average molecular weight is 231 g/mol. The highest BCUT2D eigenvalue weighted by Gasteiger charge is 2.43.